The van der Waals surface area contributed by atoms with E-state index < -0.39 is 0 Å². The summed E-state index contributed by atoms with van der Waals surface area (Å²) in [5.41, 5.74) is 1.82. The van der Waals surface area contributed by atoms with Gasteiger partial charge in [0.2, 0.25) is 0 Å². The zero-order valence-corrected chi connectivity index (χ0v) is 9.79. The quantitative estimate of drug-likeness (QED) is 0.829. The summed E-state index contributed by atoms with van der Waals surface area (Å²) in [6, 6.07) is 1.89. The third-order valence-corrected chi connectivity index (χ3v) is 2.73. The lowest BCUT2D eigenvalue weighted by molar-refractivity contribution is 1.07. The van der Waals surface area contributed by atoms with Crippen LogP contribution in [0.2, 0.25) is 0 Å². The summed E-state index contributed by atoms with van der Waals surface area (Å²) < 4.78 is 0. The van der Waals surface area contributed by atoms with Crippen molar-refractivity contribution in [3.63, 3.8) is 0 Å². The second-order valence-electron chi connectivity index (χ2n) is 3.14. The molecular weight excluding hydrogens is 222 g/mol. The van der Waals surface area contributed by atoms with E-state index in [2.05, 4.69) is 25.6 Å². The van der Waals surface area contributed by atoms with Crippen LogP contribution in [0, 0.1) is 0 Å². The lowest BCUT2D eigenvalue weighted by Crippen LogP contribution is -2.03. The number of thiazole rings is 1. The molecule has 0 saturated heterocycles. The van der Waals surface area contributed by atoms with Gasteiger partial charge in [0.1, 0.15) is 18.0 Å². The van der Waals surface area contributed by atoms with Crippen molar-refractivity contribution in [2.45, 2.75) is 13.5 Å². The largest absolute Gasteiger partial charge is 0.370 e. The minimum atomic E-state index is 0.743. The van der Waals surface area contributed by atoms with Crippen LogP contribution < -0.4 is 10.6 Å². The molecule has 6 heteroatoms. The Kier molecular flexibility index (Phi) is 3.66. The molecule has 0 bridgehead atoms. The monoisotopic (exact) mass is 235 g/mol. The summed E-state index contributed by atoms with van der Waals surface area (Å²) >= 11 is 1.62. The van der Waals surface area contributed by atoms with Crippen molar-refractivity contribution in [3.8, 4) is 0 Å². The molecule has 2 rings (SSSR count). The molecule has 2 N–H and O–H groups in total. The van der Waals surface area contributed by atoms with E-state index in [1.165, 1.54) is 4.88 Å². The topological polar surface area (TPSA) is 62.7 Å². The number of anilines is 2. The molecule has 0 radical (unpaired) electrons. The smallest absolute Gasteiger partial charge is 0.131 e. The Hall–Kier alpha value is -1.69. The number of rotatable bonds is 5. The molecule has 5 nitrogen and oxygen atoms in total. The zero-order valence-electron chi connectivity index (χ0n) is 8.97. The molecule has 0 amide bonds. The van der Waals surface area contributed by atoms with Crippen LogP contribution in [0.1, 0.15) is 11.8 Å². The van der Waals surface area contributed by atoms with E-state index in [0.717, 1.165) is 24.7 Å². The normalized spacial score (nSPS) is 10.1. The number of nitrogens with one attached hydrogen (secondary N) is 2. The number of nitrogens with zero attached hydrogens (tertiary/aromatic N) is 3. The first-order valence-corrected chi connectivity index (χ1v) is 5.93. The van der Waals surface area contributed by atoms with Crippen molar-refractivity contribution in [2.24, 2.45) is 0 Å². The van der Waals surface area contributed by atoms with Crippen LogP contribution in [-0.2, 0) is 6.54 Å². The fraction of sp³-hybridized carbons (Fsp3) is 0.300. The molecule has 2 aromatic rings. The van der Waals surface area contributed by atoms with Crippen LogP contribution in [0.25, 0.3) is 0 Å². The van der Waals surface area contributed by atoms with Crippen LogP contribution in [0.5, 0.6) is 0 Å². The Labute approximate surface area is 98.0 Å². The van der Waals surface area contributed by atoms with Gasteiger partial charge in [0.05, 0.1) is 12.1 Å². The Bertz CT molecular complexity index is 429. The predicted molar refractivity (Wildman–Crippen MR) is 65.6 cm³/mol. The molecule has 0 saturated carbocycles. The van der Waals surface area contributed by atoms with Gasteiger partial charge in [0, 0.05) is 23.7 Å². The third kappa shape index (κ3) is 2.90. The van der Waals surface area contributed by atoms with E-state index in [0.29, 0.717) is 0 Å². The molecule has 2 heterocycles. The fourth-order valence-corrected chi connectivity index (χ4v) is 1.77. The standard InChI is InChI=1S/C10H13N5S/c1-2-12-9-3-10(15-6-14-9)13-5-8-4-11-7-16-8/h3-4,6-7H,2,5H2,1H3,(H2,12,13,14,15). The van der Waals surface area contributed by atoms with Gasteiger partial charge in [-0.15, -0.1) is 11.3 Å². The predicted octanol–water partition coefficient (Wildman–Crippen LogP) is 1.98. The van der Waals surface area contributed by atoms with Crippen molar-refractivity contribution < 1.29 is 0 Å². The average Bonchev–Trinajstić information content (AvgIpc) is 2.80. The molecule has 0 aliphatic heterocycles. The first kappa shape index (κ1) is 10.8. The Morgan fingerprint density at radius 1 is 1.25 bits per heavy atom. The van der Waals surface area contributed by atoms with E-state index in [1.54, 1.807) is 17.7 Å². The molecule has 0 unspecified atom stereocenters. The van der Waals surface area contributed by atoms with Crippen molar-refractivity contribution in [1.29, 1.82) is 0 Å². The second-order valence-corrected chi connectivity index (χ2v) is 4.11. The Morgan fingerprint density at radius 3 is 2.75 bits per heavy atom. The molecule has 2 aromatic heterocycles. The van der Waals surface area contributed by atoms with Crippen molar-refractivity contribution in [3.05, 3.63) is 29.0 Å². The minimum absolute atomic E-state index is 0.743. The highest BCUT2D eigenvalue weighted by Gasteiger charge is 1.98. The lowest BCUT2D eigenvalue weighted by Gasteiger charge is -2.05. The van der Waals surface area contributed by atoms with Gasteiger partial charge in [-0.25, -0.2) is 9.97 Å². The van der Waals surface area contributed by atoms with Gasteiger partial charge in [-0.3, -0.25) is 4.98 Å². The maximum Gasteiger partial charge on any atom is 0.131 e. The number of hydrogen-bond acceptors (Lipinski definition) is 6. The third-order valence-electron chi connectivity index (χ3n) is 1.95. The molecule has 0 spiro atoms. The fourth-order valence-electron chi connectivity index (χ4n) is 1.24. The van der Waals surface area contributed by atoms with Crippen LogP contribution >= 0.6 is 11.3 Å². The number of hydrogen-bond donors (Lipinski definition) is 2. The zero-order chi connectivity index (χ0) is 11.2. The van der Waals surface area contributed by atoms with Gasteiger partial charge < -0.3 is 10.6 Å². The van der Waals surface area contributed by atoms with E-state index in [-0.39, 0.29) is 0 Å². The van der Waals surface area contributed by atoms with Crippen LogP contribution in [0.4, 0.5) is 11.6 Å². The summed E-state index contributed by atoms with van der Waals surface area (Å²) in [6.07, 6.45) is 3.40. The highest BCUT2D eigenvalue weighted by Crippen LogP contribution is 2.11. The average molecular weight is 235 g/mol. The molecule has 0 fully saturated rings. The van der Waals surface area contributed by atoms with Gasteiger partial charge in [-0.05, 0) is 6.92 Å². The summed E-state index contributed by atoms with van der Waals surface area (Å²) in [7, 11) is 0. The first-order chi connectivity index (χ1) is 7.88. The first-order valence-electron chi connectivity index (χ1n) is 5.05. The maximum absolute atomic E-state index is 4.14. The van der Waals surface area contributed by atoms with Crippen molar-refractivity contribution >= 4 is 23.0 Å². The second kappa shape index (κ2) is 5.41. The van der Waals surface area contributed by atoms with Gasteiger partial charge in [0.15, 0.2) is 0 Å². The van der Waals surface area contributed by atoms with Crippen LogP contribution in [0.3, 0.4) is 0 Å². The molecule has 0 aliphatic rings. The van der Waals surface area contributed by atoms with Crippen molar-refractivity contribution in [1.82, 2.24) is 15.0 Å². The van der Waals surface area contributed by atoms with Crippen LogP contribution in [0.15, 0.2) is 24.1 Å². The minimum Gasteiger partial charge on any atom is -0.370 e. The Morgan fingerprint density at radius 2 is 2.06 bits per heavy atom. The molecular formula is C10H13N5S. The highest BCUT2D eigenvalue weighted by atomic mass is 32.1. The lowest BCUT2D eigenvalue weighted by atomic mass is 10.4. The van der Waals surface area contributed by atoms with Gasteiger partial charge in [-0.2, -0.15) is 0 Å². The van der Waals surface area contributed by atoms with E-state index in [9.17, 15) is 0 Å². The van der Waals surface area contributed by atoms with Gasteiger partial charge >= 0.3 is 0 Å². The van der Waals surface area contributed by atoms with E-state index in [1.807, 2.05) is 24.7 Å². The summed E-state index contributed by atoms with van der Waals surface area (Å²) in [5, 5.41) is 6.37. The van der Waals surface area contributed by atoms with Crippen molar-refractivity contribution in [2.75, 3.05) is 17.2 Å². The van der Waals surface area contributed by atoms with Crippen LogP contribution in [-0.4, -0.2) is 21.5 Å². The molecule has 84 valence electrons. The van der Waals surface area contributed by atoms with Gasteiger partial charge in [-0.1, -0.05) is 0 Å². The SMILES string of the molecule is CCNc1cc(NCc2cncs2)ncn1. The summed E-state index contributed by atoms with van der Waals surface area (Å²) in [6.45, 7) is 3.63. The van der Waals surface area contributed by atoms with Gasteiger partial charge in [0.25, 0.3) is 0 Å². The highest BCUT2D eigenvalue weighted by molar-refractivity contribution is 7.09. The summed E-state index contributed by atoms with van der Waals surface area (Å²) in [5.74, 6) is 1.66. The van der Waals surface area contributed by atoms with E-state index >= 15 is 0 Å². The maximum atomic E-state index is 4.14. The van der Waals surface area contributed by atoms with E-state index in [4.69, 9.17) is 0 Å². The number of aromatic nitrogens is 3. The molecule has 16 heavy (non-hydrogen) atoms. The molecule has 0 atom stereocenters. The molecule has 0 aliphatic carbocycles. The Balaban J connectivity index is 1.96. The molecule has 0 aromatic carbocycles. The summed E-state index contributed by atoms with van der Waals surface area (Å²) in [4.78, 5) is 13.4.